The first-order chi connectivity index (χ1) is 12.7. The first-order valence-corrected chi connectivity index (χ1v) is 10.3. The van der Waals surface area contributed by atoms with E-state index in [1.54, 1.807) is 11.8 Å². The summed E-state index contributed by atoms with van der Waals surface area (Å²) in [4.78, 5) is 7.16. The van der Waals surface area contributed by atoms with Gasteiger partial charge in [-0.2, -0.15) is 4.98 Å². The normalized spacial score (nSPS) is 14.5. The minimum absolute atomic E-state index is 0.658. The Labute approximate surface area is 162 Å². The van der Waals surface area contributed by atoms with Crippen LogP contribution in [-0.4, -0.2) is 27.3 Å². The van der Waals surface area contributed by atoms with Crippen molar-refractivity contribution in [1.82, 2.24) is 14.5 Å². The van der Waals surface area contributed by atoms with Crippen molar-refractivity contribution in [2.24, 2.45) is 0 Å². The molecule has 0 spiro atoms. The van der Waals surface area contributed by atoms with Gasteiger partial charge in [-0.05, 0) is 11.8 Å². The third-order valence-corrected chi connectivity index (χ3v) is 5.84. The summed E-state index contributed by atoms with van der Waals surface area (Å²) in [6, 6.07) is 10.6. The number of thioether (sulfide) groups is 1. The van der Waals surface area contributed by atoms with Crippen LogP contribution in [0.2, 0.25) is 0 Å². The van der Waals surface area contributed by atoms with E-state index in [1.807, 2.05) is 16.9 Å². The number of fused-ring (bicyclic) bond motifs is 3. The highest BCUT2D eigenvalue weighted by Crippen LogP contribution is 2.32. The Morgan fingerprint density at radius 2 is 2.15 bits per heavy atom. The van der Waals surface area contributed by atoms with Gasteiger partial charge < -0.3 is 8.98 Å². The third-order valence-electron chi connectivity index (χ3n) is 4.74. The Morgan fingerprint density at radius 1 is 1.35 bits per heavy atom. The molecule has 0 N–H and O–H groups in total. The van der Waals surface area contributed by atoms with Crippen molar-refractivity contribution in [2.45, 2.75) is 31.2 Å². The van der Waals surface area contributed by atoms with E-state index < -0.39 is 0 Å². The number of furan rings is 1. The van der Waals surface area contributed by atoms with Crippen molar-refractivity contribution in [3.8, 4) is 0 Å². The molecule has 0 atom stereocenters. The Balaban J connectivity index is 1.74. The number of nitrogens with zero attached hydrogens (tertiary/aromatic N) is 3. The Hall–Kier alpha value is -1.89. The van der Waals surface area contributed by atoms with Crippen molar-refractivity contribution in [2.75, 3.05) is 12.8 Å². The van der Waals surface area contributed by atoms with Crippen LogP contribution in [0.25, 0.3) is 11.1 Å². The number of hydrogen-bond donors (Lipinski definition) is 0. The maximum Gasteiger partial charge on any atom is 0.231 e. The summed E-state index contributed by atoms with van der Waals surface area (Å²) < 4.78 is 8.93. The molecule has 0 amide bonds. The second-order valence-electron chi connectivity index (χ2n) is 6.43. The number of benzene rings is 1. The molecule has 0 aliphatic carbocycles. The molecule has 0 radical (unpaired) electrons. The van der Waals surface area contributed by atoms with E-state index >= 15 is 0 Å². The molecule has 0 saturated carbocycles. The lowest BCUT2D eigenvalue weighted by atomic mass is 10.1. The quantitative estimate of drug-likeness (QED) is 0.273. The van der Waals surface area contributed by atoms with E-state index in [2.05, 4.69) is 41.8 Å². The molecule has 26 heavy (non-hydrogen) atoms. The van der Waals surface area contributed by atoms with Crippen molar-refractivity contribution in [1.29, 1.82) is 0 Å². The van der Waals surface area contributed by atoms with Gasteiger partial charge in [0.05, 0.1) is 5.39 Å². The fraction of sp³-hybridized carbons (Fsp3) is 0.300. The van der Waals surface area contributed by atoms with Crippen LogP contribution in [0.5, 0.6) is 0 Å². The van der Waals surface area contributed by atoms with Gasteiger partial charge in [-0.1, -0.05) is 60.4 Å². The zero-order valence-corrected chi connectivity index (χ0v) is 16.4. The van der Waals surface area contributed by atoms with Crippen LogP contribution < -0.4 is 0 Å². The zero-order chi connectivity index (χ0) is 18.1. The average molecular weight is 384 g/mol. The van der Waals surface area contributed by atoms with Crippen LogP contribution in [0.15, 0.2) is 52.6 Å². The summed E-state index contributed by atoms with van der Waals surface area (Å²) >= 11 is 7.38. The number of hydrogen-bond acceptors (Lipinski definition) is 5. The fourth-order valence-corrected chi connectivity index (χ4v) is 4.51. The topological polar surface area (TPSA) is 34.2 Å². The molecule has 3 aromatic rings. The summed E-state index contributed by atoms with van der Waals surface area (Å²) in [7, 11) is 0. The predicted octanol–water partition coefficient (Wildman–Crippen LogP) is 4.82. The molecular weight excluding hydrogens is 362 g/mol. The summed E-state index contributed by atoms with van der Waals surface area (Å²) in [6.45, 7) is 7.27. The first-order valence-electron chi connectivity index (χ1n) is 8.67. The minimum atomic E-state index is 0.658. The zero-order valence-electron chi connectivity index (χ0n) is 14.8. The third kappa shape index (κ3) is 3.13. The fourth-order valence-electron chi connectivity index (χ4n) is 3.52. The van der Waals surface area contributed by atoms with Crippen molar-refractivity contribution in [3.05, 3.63) is 64.5 Å². The van der Waals surface area contributed by atoms with Gasteiger partial charge >= 0.3 is 0 Å². The molecule has 4 nitrogen and oxygen atoms in total. The van der Waals surface area contributed by atoms with E-state index in [1.165, 1.54) is 11.1 Å². The average Bonchev–Trinajstić information content (AvgIpc) is 3.02. The van der Waals surface area contributed by atoms with Gasteiger partial charge in [0.2, 0.25) is 5.71 Å². The van der Waals surface area contributed by atoms with E-state index in [0.717, 1.165) is 47.0 Å². The molecule has 6 heteroatoms. The summed E-state index contributed by atoms with van der Waals surface area (Å²) in [5.74, 6) is 1.03. The molecule has 1 aliphatic rings. The monoisotopic (exact) mass is 383 g/mol. The molecule has 3 heterocycles. The van der Waals surface area contributed by atoms with E-state index in [-0.39, 0.29) is 0 Å². The number of rotatable bonds is 5. The maximum absolute atomic E-state index is 6.09. The lowest BCUT2D eigenvalue weighted by Gasteiger charge is -2.26. The SMILES string of the molecule is C=CCn1c(SC)nc2oc3c(c2c1=S)CN(Cc1ccccc1)CC3. The Bertz CT molecular complexity index is 1010. The van der Waals surface area contributed by atoms with E-state index in [4.69, 9.17) is 21.6 Å². The largest absolute Gasteiger partial charge is 0.442 e. The molecule has 1 aliphatic heterocycles. The Morgan fingerprint density at radius 3 is 2.88 bits per heavy atom. The van der Waals surface area contributed by atoms with Gasteiger partial charge in [-0.3, -0.25) is 4.90 Å². The lowest BCUT2D eigenvalue weighted by molar-refractivity contribution is 0.235. The summed E-state index contributed by atoms with van der Waals surface area (Å²) in [5.41, 5.74) is 3.20. The molecule has 0 fully saturated rings. The van der Waals surface area contributed by atoms with Crippen LogP contribution in [0.4, 0.5) is 0 Å². The molecule has 0 saturated heterocycles. The standard InChI is InChI=1S/C20H21N3OS2/c1-3-10-23-19(25)17-15-13-22(12-14-7-5-4-6-8-14)11-9-16(15)24-18(17)21-20(23)26-2/h3-8H,1,9-13H2,2H3. The second kappa shape index (κ2) is 7.39. The van der Waals surface area contributed by atoms with Gasteiger partial charge in [0.1, 0.15) is 10.4 Å². The van der Waals surface area contributed by atoms with Crippen LogP contribution in [-0.2, 0) is 26.1 Å². The van der Waals surface area contributed by atoms with Gasteiger partial charge in [0.15, 0.2) is 5.16 Å². The highest BCUT2D eigenvalue weighted by Gasteiger charge is 2.25. The predicted molar refractivity (Wildman–Crippen MR) is 109 cm³/mol. The van der Waals surface area contributed by atoms with Crippen LogP contribution in [0.1, 0.15) is 16.9 Å². The Kier molecular flexibility index (Phi) is 4.98. The van der Waals surface area contributed by atoms with Crippen LogP contribution in [0.3, 0.4) is 0 Å². The van der Waals surface area contributed by atoms with Crippen molar-refractivity contribution in [3.63, 3.8) is 0 Å². The smallest absolute Gasteiger partial charge is 0.231 e. The van der Waals surface area contributed by atoms with Crippen molar-refractivity contribution < 1.29 is 4.42 Å². The molecule has 2 aromatic heterocycles. The van der Waals surface area contributed by atoms with Crippen LogP contribution in [0, 0.1) is 4.64 Å². The summed E-state index contributed by atoms with van der Waals surface area (Å²) in [5, 5.41) is 1.86. The highest BCUT2D eigenvalue weighted by molar-refractivity contribution is 7.98. The molecular formula is C20H21N3OS2. The van der Waals surface area contributed by atoms with Gasteiger partial charge in [-0.15, -0.1) is 6.58 Å². The molecule has 1 aromatic carbocycles. The second-order valence-corrected chi connectivity index (χ2v) is 7.59. The highest BCUT2D eigenvalue weighted by atomic mass is 32.2. The minimum Gasteiger partial charge on any atom is -0.442 e. The van der Waals surface area contributed by atoms with Crippen LogP contribution >= 0.6 is 24.0 Å². The lowest BCUT2D eigenvalue weighted by Crippen LogP contribution is -2.29. The van der Waals surface area contributed by atoms with Gasteiger partial charge in [0, 0.05) is 38.2 Å². The molecule has 0 unspecified atom stereocenters. The maximum atomic E-state index is 6.09. The van der Waals surface area contributed by atoms with E-state index in [0.29, 0.717) is 12.3 Å². The summed E-state index contributed by atoms with van der Waals surface area (Å²) in [6.07, 6.45) is 4.76. The number of allylic oxidation sites excluding steroid dienone is 1. The van der Waals surface area contributed by atoms with Gasteiger partial charge in [0.25, 0.3) is 0 Å². The molecule has 4 rings (SSSR count). The van der Waals surface area contributed by atoms with Crippen molar-refractivity contribution >= 4 is 35.1 Å². The molecule has 0 bridgehead atoms. The number of aromatic nitrogens is 2. The first kappa shape index (κ1) is 17.5. The van der Waals surface area contributed by atoms with Gasteiger partial charge in [-0.25, -0.2) is 0 Å². The van der Waals surface area contributed by atoms with E-state index in [9.17, 15) is 0 Å². The molecule has 134 valence electrons.